The highest BCUT2D eigenvalue weighted by atomic mass is 32.2. The van der Waals surface area contributed by atoms with E-state index >= 15 is 0 Å². The van der Waals surface area contributed by atoms with Gasteiger partial charge in [-0.1, -0.05) is 0 Å². The SMILES string of the molecule is CCN(CC)C(=O)C1CCN(S(=O)(=O)c2ccc(F)cc2C)CC1. The first kappa shape index (κ1) is 18.9. The van der Waals surface area contributed by atoms with Crippen LogP contribution in [0.3, 0.4) is 0 Å². The van der Waals surface area contributed by atoms with Gasteiger partial charge in [0, 0.05) is 32.1 Å². The summed E-state index contributed by atoms with van der Waals surface area (Å²) in [6, 6.07) is 3.70. The summed E-state index contributed by atoms with van der Waals surface area (Å²) >= 11 is 0. The van der Waals surface area contributed by atoms with Crippen LogP contribution in [-0.2, 0) is 14.8 Å². The third-order valence-corrected chi connectivity index (χ3v) is 6.69. The Morgan fingerprint density at radius 3 is 2.33 bits per heavy atom. The van der Waals surface area contributed by atoms with Crippen LogP contribution in [0.15, 0.2) is 23.1 Å². The van der Waals surface area contributed by atoms with Crippen molar-refractivity contribution in [1.29, 1.82) is 0 Å². The van der Waals surface area contributed by atoms with Gasteiger partial charge in [-0.2, -0.15) is 4.31 Å². The maximum atomic E-state index is 13.2. The van der Waals surface area contributed by atoms with Crippen molar-refractivity contribution >= 4 is 15.9 Å². The number of aryl methyl sites for hydroxylation is 1. The van der Waals surface area contributed by atoms with Crippen LogP contribution in [0, 0.1) is 18.7 Å². The highest BCUT2D eigenvalue weighted by Gasteiger charge is 2.33. The van der Waals surface area contributed by atoms with Crippen LogP contribution in [0.4, 0.5) is 4.39 Å². The summed E-state index contributed by atoms with van der Waals surface area (Å²) in [6.45, 7) is 7.45. The van der Waals surface area contributed by atoms with Crippen molar-refractivity contribution in [2.24, 2.45) is 5.92 Å². The summed E-state index contributed by atoms with van der Waals surface area (Å²) in [5.74, 6) is -0.462. The van der Waals surface area contributed by atoms with Crippen molar-refractivity contribution < 1.29 is 17.6 Å². The fourth-order valence-electron chi connectivity index (χ4n) is 3.18. The molecule has 0 aromatic heterocycles. The molecule has 1 amide bonds. The van der Waals surface area contributed by atoms with E-state index in [2.05, 4.69) is 0 Å². The lowest BCUT2D eigenvalue weighted by Crippen LogP contribution is -2.44. The maximum Gasteiger partial charge on any atom is 0.243 e. The topological polar surface area (TPSA) is 57.7 Å². The predicted molar refractivity (Wildman–Crippen MR) is 90.5 cm³/mol. The van der Waals surface area contributed by atoms with Crippen LogP contribution < -0.4 is 0 Å². The molecule has 134 valence electrons. The molecule has 5 nitrogen and oxygen atoms in total. The molecule has 7 heteroatoms. The van der Waals surface area contributed by atoms with Crippen molar-refractivity contribution in [3.05, 3.63) is 29.6 Å². The van der Waals surface area contributed by atoms with Gasteiger partial charge in [-0.15, -0.1) is 0 Å². The summed E-state index contributed by atoms with van der Waals surface area (Å²) in [5.41, 5.74) is 0.399. The molecule has 0 saturated carbocycles. The first-order valence-electron chi connectivity index (χ1n) is 8.36. The van der Waals surface area contributed by atoms with Crippen LogP contribution in [0.1, 0.15) is 32.3 Å². The normalized spacial score (nSPS) is 17.0. The van der Waals surface area contributed by atoms with Gasteiger partial charge in [0.1, 0.15) is 5.82 Å². The third kappa shape index (κ3) is 3.78. The summed E-state index contributed by atoms with van der Waals surface area (Å²) in [6.07, 6.45) is 1.05. The second-order valence-corrected chi connectivity index (χ2v) is 8.01. The maximum absolute atomic E-state index is 13.2. The molecule has 1 aromatic rings. The van der Waals surface area contributed by atoms with E-state index in [0.29, 0.717) is 44.6 Å². The standard InChI is InChI=1S/C17H25FN2O3S/c1-4-19(5-2)17(21)14-8-10-20(11-9-14)24(22,23)16-7-6-15(18)12-13(16)3/h6-7,12,14H,4-5,8-11H2,1-3H3. The largest absolute Gasteiger partial charge is 0.343 e. The minimum atomic E-state index is -3.65. The lowest BCUT2D eigenvalue weighted by Gasteiger charge is -2.33. The molecule has 2 rings (SSSR count). The number of carbonyl (C=O) groups excluding carboxylic acids is 1. The zero-order chi connectivity index (χ0) is 17.9. The molecule has 1 aliphatic rings. The van der Waals surface area contributed by atoms with E-state index in [1.165, 1.54) is 16.4 Å². The molecule has 0 unspecified atom stereocenters. The molecule has 0 aliphatic carbocycles. The number of hydrogen-bond donors (Lipinski definition) is 0. The first-order chi connectivity index (χ1) is 11.3. The van der Waals surface area contributed by atoms with Crippen LogP contribution in [-0.4, -0.2) is 49.7 Å². The van der Waals surface area contributed by atoms with E-state index in [9.17, 15) is 17.6 Å². The van der Waals surface area contributed by atoms with Gasteiger partial charge in [0.2, 0.25) is 15.9 Å². The summed E-state index contributed by atoms with van der Waals surface area (Å²) < 4.78 is 40.1. The Bertz CT molecular complexity index is 694. The Hall–Kier alpha value is -1.47. The van der Waals surface area contributed by atoms with Gasteiger partial charge < -0.3 is 4.90 Å². The monoisotopic (exact) mass is 356 g/mol. The average Bonchev–Trinajstić information content (AvgIpc) is 2.55. The lowest BCUT2D eigenvalue weighted by molar-refractivity contribution is -0.136. The molecule has 1 fully saturated rings. The van der Waals surface area contributed by atoms with Gasteiger partial charge in [-0.25, -0.2) is 12.8 Å². The molecule has 1 saturated heterocycles. The van der Waals surface area contributed by atoms with Crippen molar-refractivity contribution in [1.82, 2.24) is 9.21 Å². The molecule has 1 aliphatic heterocycles. The van der Waals surface area contributed by atoms with Gasteiger partial charge >= 0.3 is 0 Å². The smallest absolute Gasteiger partial charge is 0.243 e. The number of benzene rings is 1. The highest BCUT2D eigenvalue weighted by Crippen LogP contribution is 2.27. The number of piperidine rings is 1. The van der Waals surface area contributed by atoms with Crippen molar-refractivity contribution in [3.63, 3.8) is 0 Å². The minimum absolute atomic E-state index is 0.106. The molecular formula is C17H25FN2O3S. The second-order valence-electron chi connectivity index (χ2n) is 6.10. The third-order valence-electron chi connectivity index (χ3n) is 4.63. The lowest BCUT2D eigenvalue weighted by atomic mass is 9.96. The van der Waals surface area contributed by atoms with Gasteiger partial charge in [-0.05, 0) is 57.4 Å². The Morgan fingerprint density at radius 1 is 1.25 bits per heavy atom. The van der Waals surface area contributed by atoms with Crippen LogP contribution in [0.2, 0.25) is 0 Å². The Labute approximate surface area is 143 Å². The van der Waals surface area contributed by atoms with E-state index in [0.717, 1.165) is 6.07 Å². The predicted octanol–water partition coefficient (Wildman–Crippen LogP) is 2.40. The number of carbonyl (C=O) groups is 1. The summed E-state index contributed by atoms with van der Waals surface area (Å²) in [4.78, 5) is 14.3. The van der Waals surface area contributed by atoms with E-state index in [4.69, 9.17) is 0 Å². The molecular weight excluding hydrogens is 331 g/mol. The second kappa shape index (κ2) is 7.61. The fraction of sp³-hybridized carbons (Fsp3) is 0.588. The zero-order valence-electron chi connectivity index (χ0n) is 14.5. The van der Waals surface area contributed by atoms with Crippen LogP contribution >= 0.6 is 0 Å². The molecule has 24 heavy (non-hydrogen) atoms. The number of amides is 1. The Kier molecular flexibility index (Phi) is 5.98. The summed E-state index contributed by atoms with van der Waals surface area (Å²) in [7, 11) is -3.65. The number of rotatable bonds is 5. The average molecular weight is 356 g/mol. The molecule has 0 N–H and O–H groups in total. The first-order valence-corrected chi connectivity index (χ1v) is 9.80. The quantitative estimate of drug-likeness (QED) is 0.814. The molecule has 1 aromatic carbocycles. The van der Waals surface area contributed by atoms with E-state index in [-0.39, 0.29) is 16.7 Å². The van der Waals surface area contributed by atoms with Gasteiger partial charge in [0.15, 0.2) is 0 Å². The van der Waals surface area contributed by atoms with Crippen LogP contribution in [0.25, 0.3) is 0 Å². The van der Waals surface area contributed by atoms with Crippen molar-refractivity contribution in [3.8, 4) is 0 Å². The Balaban J connectivity index is 2.10. The summed E-state index contributed by atoms with van der Waals surface area (Å²) in [5, 5.41) is 0. The molecule has 0 spiro atoms. The Morgan fingerprint density at radius 2 is 1.83 bits per heavy atom. The van der Waals surface area contributed by atoms with Gasteiger partial charge in [0.05, 0.1) is 4.90 Å². The molecule has 0 radical (unpaired) electrons. The minimum Gasteiger partial charge on any atom is -0.343 e. The zero-order valence-corrected chi connectivity index (χ0v) is 15.3. The number of halogens is 1. The number of nitrogens with zero attached hydrogens (tertiary/aromatic N) is 2. The van der Waals surface area contributed by atoms with E-state index in [1.54, 1.807) is 11.8 Å². The van der Waals surface area contributed by atoms with Crippen molar-refractivity contribution in [2.75, 3.05) is 26.2 Å². The number of hydrogen-bond acceptors (Lipinski definition) is 3. The van der Waals surface area contributed by atoms with E-state index < -0.39 is 15.8 Å². The molecule has 1 heterocycles. The van der Waals surface area contributed by atoms with Gasteiger partial charge in [0.25, 0.3) is 0 Å². The highest BCUT2D eigenvalue weighted by molar-refractivity contribution is 7.89. The fourth-order valence-corrected chi connectivity index (χ4v) is 4.85. The molecule has 0 bridgehead atoms. The number of sulfonamides is 1. The van der Waals surface area contributed by atoms with E-state index in [1.807, 2.05) is 13.8 Å². The van der Waals surface area contributed by atoms with Crippen LogP contribution in [0.5, 0.6) is 0 Å². The van der Waals surface area contributed by atoms with Crippen molar-refractivity contribution in [2.45, 2.75) is 38.5 Å². The van der Waals surface area contributed by atoms with Gasteiger partial charge in [-0.3, -0.25) is 4.79 Å². The molecule has 0 atom stereocenters.